The molecule has 0 atom stereocenters. The summed E-state index contributed by atoms with van der Waals surface area (Å²) in [4.78, 5) is 21.0. The highest BCUT2D eigenvalue weighted by Gasteiger charge is 2.16. The van der Waals surface area contributed by atoms with E-state index in [0.29, 0.717) is 5.69 Å². The van der Waals surface area contributed by atoms with Gasteiger partial charge < -0.3 is 4.57 Å². The molecule has 4 aromatic rings. The summed E-state index contributed by atoms with van der Waals surface area (Å²) in [5, 5.41) is 21.9. The van der Waals surface area contributed by atoms with Crippen LogP contribution >= 0.6 is 0 Å². The minimum absolute atomic E-state index is 0.0192. The second-order valence-electron chi connectivity index (χ2n) is 6.52. The number of nitrogens with zero attached hydrogens (tertiary/aromatic N) is 3. The van der Waals surface area contributed by atoms with E-state index >= 15 is 0 Å². The Labute approximate surface area is 169 Å². The summed E-state index contributed by atoms with van der Waals surface area (Å²) in [6.45, 7) is 0. The lowest BCUT2D eigenvalue weighted by Crippen LogP contribution is -2.00. The number of benzene rings is 3. The van der Waals surface area contributed by atoms with Crippen molar-refractivity contribution in [1.29, 1.82) is 0 Å². The van der Waals surface area contributed by atoms with Gasteiger partial charge in [-0.25, -0.2) is 4.39 Å². The van der Waals surface area contributed by atoms with Gasteiger partial charge >= 0.3 is 0 Å². The number of non-ortho nitro benzene ring substituents is 2. The molecule has 148 valence electrons. The number of nitro benzene ring substituents is 2. The number of halogens is 1. The lowest BCUT2D eigenvalue weighted by Gasteiger charge is -2.14. The molecule has 7 nitrogen and oxygen atoms in total. The van der Waals surface area contributed by atoms with Crippen molar-refractivity contribution in [2.45, 2.75) is 0 Å². The molecule has 4 rings (SSSR count). The number of hydrogen-bond donors (Lipinski definition) is 0. The molecular weight excluding hydrogens is 389 g/mol. The topological polar surface area (TPSA) is 91.2 Å². The first-order valence-corrected chi connectivity index (χ1v) is 8.91. The Kier molecular flexibility index (Phi) is 4.81. The van der Waals surface area contributed by atoms with Crippen molar-refractivity contribution in [3.8, 4) is 28.2 Å². The van der Waals surface area contributed by atoms with Crippen molar-refractivity contribution in [3.05, 3.63) is 111 Å². The molecule has 0 spiro atoms. The first-order valence-electron chi connectivity index (χ1n) is 8.91. The smallest absolute Gasteiger partial charge is 0.269 e. The third-order valence-electron chi connectivity index (χ3n) is 4.71. The molecule has 0 fully saturated rings. The van der Waals surface area contributed by atoms with Crippen LogP contribution in [-0.4, -0.2) is 14.4 Å². The molecule has 0 radical (unpaired) electrons. The van der Waals surface area contributed by atoms with E-state index in [2.05, 4.69) is 0 Å². The molecule has 3 aromatic carbocycles. The van der Waals surface area contributed by atoms with Gasteiger partial charge in [-0.1, -0.05) is 0 Å². The van der Waals surface area contributed by atoms with Gasteiger partial charge in [0.15, 0.2) is 0 Å². The summed E-state index contributed by atoms with van der Waals surface area (Å²) in [7, 11) is 0. The summed E-state index contributed by atoms with van der Waals surface area (Å²) in [6.07, 6.45) is 0. The Morgan fingerprint density at radius 2 is 1.00 bits per heavy atom. The maximum atomic E-state index is 13.5. The maximum Gasteiger partial charge on any atom is 0.269 e. The van der Waals surface area contributed by atoms with Crippen LogP contribution in [0.25, 0.3) is 28.2 Å². The monoisotopic (exact) mass is 403 g/mol. The molecule has 30 heavy (non-hydrogen) atoms. The van der Waals surface area contributed by atoms with Gasteiger partial charge in [0.1, 0.15) is 5.82 Å². The van der Waals surface area contributed by atoms with Crippen LogP contribution in [0.1, 0.15) is 0 Å². The number of nitro groups is 2. The molecule has 1 heterocycles. The van der Waals surface area contributed by atoms with Gasteiger partial charge in [0.25, 0.3) is 11.4 Å². The summed E-state index contributed by atoms with van der Waals surface area (Å²) < 4.78 is 15.4. The highest BCUT2D eigenvalue weighted by Crippen LogP contribution is 2.33. The van der Waals surface area contributed by atoms with Gasteiger partial charge in [0.2, 0.25) is 0 Å². The Balaban J connectivity index is 1.88. The average molecular weight is 403 g/mol. The third kappa shape index (κ3) is 3.53. The van der Waals surface area contributed by atoms with Crippen molar-refractivity contribution in [1.82, 2.24) is 4.57 Å². The predicted molar refractivity (Wildman–Crippen MR) is 110 cm³/mol. The highest BCUT2D eigenvalue weighted by molar-refractivity contribution is 5.74. The molecule has 0 aliphatic rings. The zero-order valence-electron chi connectivity index (χ0n) is 15.4. The van der Waals surface area contributed by atoms with E-state index in [4.69, 9.17) is 0 Å². The van der Waals surface area contributed by atoms with Crippen LogP contribution < -0.4 is 0 Å². The van der Waals surface area contributed by atoms with Crippen LogP contribution in [-0.2, 0) is 0 Å². The van der Waals surface area contributed by atoms with Gasteiger partial charge in [-0.05, 0) is 71.8 Å². The van der Waals surface area contributed by atoms with Crippen LogP contribution in [0, 0.1) is 26.0 Å². The molecule has 0 saturated carbocycles. The lowest BCUT2D eigenvalue weighted by atomic mass is 10.1. The van der Waals surface area contributed by atoms with Crippen molar-refractivity contribution in [2.24, 2.45) is 0 Å². The zero-order valence-corrected chi connectivity index (χ0v) is 15.4. The van der Waals surface area contributed by atoms with Crippen LogP contribution in [0.4, 0.5) is 15.8 Å². The summed E-state index contributed by atoms with van der Waals surface area (Å²) in [5.41, 5.74) is 3.59. The SMILES string of the molecule is O=[N+]([O-])c1ccc(-c2ccc(-c3ccc([N+](=O)[O-])cc3)n2-c2ccc(F)cc2)cc1. The standard InChI is InChI=1S/C22H14FN3O4/c23-17-5-11-18(12-6-17)24-21(15-1-7-19(8-2-15)25(27)28)13-14-22(24)16-3-9-20(10-4-16)26(29)30/h1-14H. The fourth-order valence-corrected chi connectivity index (χ4v) is 3.26. The van der Waals surface area contributed by atoms with E-state index < -0.39 is 9.85 Å². The van der Waals surface area contributed by atoms with Crippen LogP contribution in [0.2, 0.25) is 0 Å². The van der Waals surface area contributed by atoms with Crippen molar-refractivity contribution >= 4 is 11.4 Å². The van der Waals surface area contributed by atoms with Gasteiger partial charge in [-0.3, -0.25) is 20.2 Å². The first-order chi connectivity index (χ1) is 14.4. The van der Waals surface area contributed by atoms with Crippen LogP contribution in [0.15, 0.2) is 84.9 Å². The lowest BCUT2D eigenvalue weighted by molar-refractivity contribution is -0.385. The fraction of sp³-hybridized carbons (Fsp3) is 0. The quantitative estimate of drug-likeness (QED) is 0.313. The minimum Gasteiger partial charge on any atom is -0.309 e. The molecule has 0 N–H and O–H groups in total. The van der Waals surface area contributed by atoms with Gasteiger partial charge in [-0.15, -0.1) is 0 Å². The second-order valence-corrected chi connectivity index (χ2v) is 6.52. The van der Waals surface area contributed by atoms with Gasteiger partial charge in [-0.2, -0.15) is 0 Å². The van der Waals surface area contributed by atoms with E-state index in [1.165, 1.54) is 36.4 Å². The van der Waals surface area contributed by atoms with Gasteiger partial charge in [0.05, 0.1) is 21.2 Å². The molecule has 0 saturated heterocycles. The Bertz CT molecular complexity index is 1160. The summed E-state index contributed by atoms with van der Waals surface area (Å²) in [6, 6.07) is 21.9. The summed E-state index contributed by atoms with van der Waals surface area (Å²) in [5.74, 6) is -0.375. The van der Waals surface area contributed by atoms with E-state index in [9.17, 15) is 24.6 Å². The molecule has 0 unspecified atom stereocenters. The Morgan fingerprint density at radius 1 is 0.600 bits per heavy atom. The van der Waals surface area contributed by atoms with Gasteiger partial charge in [0, 0.05) is 30.0 Å². The van der Waals surface area contributed by atoms with Crippen LogP contribution in [0.3, 0.4) is 0 Å². The molecule has 1 aromatic heterocycles. The van der Waals surface area contributed by atoms with E-state index in [-0.39, 0.29) is 17.2 Å². The van der Waals surface area contributed by atoms with E-state index in [0.717, 1.165) is 22.5 Å². The van der Waals surface area contributed by atoms with Crippen molar-refractivity contribution < 1.29 is 14.2 Å². The van der Waals surface area contributed by atoms with Crippen molar-refractivity contribution in [2.75, 3.05) is 0 Å². The van der Waals surface area contributed by atoms with E-state index in [1.807, 2.05) is 16.7 Å². The second kappa shape index (κ2) is 7.59. The molecule has 0 aliphatic carbocycles. The maximum absolute atomic E-state index is 13.5. The third-order valence-corrected chi connectivity index (χ3v) is 4.71. The van der Waals surface area contributed by atoms with Crippen molar-refractivity contribution in [3.63, 3.8) is 0 Å². The Hall–Kier alpha value is -4.33. The molecule has 0 aliphatic heterocycles. The number of hydrogen-bond acceptors (Lipinski definition) is 4. The largest absolute Gasteiger partial charge is 0.309 e. The van der Waals surface area contributed by atoms with Crippen LogP contribution in [0.5, 0.6) is 0 Å². The minimum atomic E-state index is -0.467. The normalized spacial score (nSPS) is 10.7. The Morgan fingerprint density at radius 3 is 1.37 bits per heavy atom. The average Bonchev–Trinajstić information content (AvgIpc) is 3.19. The predicted octanol–water partition coefficient (Wildman–Crippen LogP) is 5.77. The molecule has 0 bridgehead atoms. The number of rotatable bonds is 5. The molecule has 8 heteroatoms. The molecular formula is C22H14FN3O4. The highest BCUT2D eigenvalue weighted by atomic mass is 19.1. The first kappa shape index (κ1) is 19.0. The summed E-state index contributed by atoms with van der Waals surface area (Å²) >= 11 is 0. The number of aromatic nitrogens is 1. The zero-order chi connectivity index (χ0) is 21.3. The molecule has 0 amide bonds. The fourth-order valence-electron chi connectivity index (χ4n) is 3.26. The van der Waals surface area contributed by atoms with E-state index in [1.54, 1.807) is 36.4 Å².